The predicted molar refractivity (Wildman–Crippen MR) is 61.0 cm³/mol. The molecule has 0 fully saturated rings. The van der Waals surface area contributed by atoms with E-state index >= 15 is 0 Å². The van der Waals surface area contributed by atoms with Crippen molar-refractivity contribution in [2.24, 2.45) is 7.05 Å². The molecule has 0 unspecified atom stereocenters. The van der Waals surface area contributed by atoms with E-state index in [1.54, 1.807) is 30.1 Å². The van der Waals surface area contributed by atoms with Gasteiger partial charge in [0.2, 0.25) is 0 Å². The lowest BCUT2D eigenvalue weighted by molar-refractivity contribution is 0.0984. The second kappa shape index (κ2) is 4.52. The fourth-order valence-corrected chi connectivity index (χ4v) is 1.77. The molecule has 2 aromatic rings. The maximum Gasteiger partial charge on any atom is 0.189 e. The zero-order chi connectivity index (χ0) is 11.5. The fraction of sp³-hybridized carbons (Fsp3) is 0.200. The van der Waals surface area contributed by atoms with E-state index in [1.807, 2.05) is 0 Å². The molecule has 2 heterocycles. The van der Waals surface area contributed by atoms with Crippen LogP contribution in [0.25, 0.3) is 0 Å². The van der Waals surface area contributed by atoms with Crippen LogP contribution in [0, 0.1) is 0 Å². The van der Waals surface area contributed by atoms with Gasteiger partial charge >= 0.3 is 0 Å². The Labute approximate surface area is 101 Å². The largest absolute Gasteiger partial charge is 0.292 e. The van der Waals surface area contributed by atoms with Gasteiger partial charge < -0.3 is 0 Å². The second-order valence-corrected chi connectivity index (χ2v) is 4.09. The van der Waals surface area contributed by atoms with Gasteiger partial charge in [-0.05, 0) is 28.1 Å². The predicted octanol–water partition coefficient (Wildman–Crippen LogP) is 1.40. The van der Waals surface area contributed by atoms with Gasteiger partial charge in [-0.1, -0.05) is 0 Å². The van der Waals surface area contributed by atoms with E-state index in [0.717, 1.165) is 0 Å². The Bertz CT molecular complexity index is 523. The van der Waals surface area contributed by atoms with Crippen LogP contribution >= 0.6 is 15.9 Å². The number of carbonyl (C=O) groups is 1. The number of hydrogen-bond donors (Lipinski definition) is 0. The van der Waals surface area contributed by atoms with Crippen LogP contribution in [0.5, 0.6) is 0 Å². The number of halogens is 1. The summed E-state index contributed by atoms with van der Waals surface area (Å²) < 4.78 is 2.27. The number of aryl methyl sites for hydroxylation is 1. The quantitative estimate of drug-likeness (QED) is 0.798. The minimum atomic E-state index is -0.0800. The first-order valence-electron chi connectivity index (χ1n) is 4.65. The number of ketones is 1. The number of nitrogens with zero attached hydrogens (tertiary/aromatic N) is 4. The van der Waals surface area contributed by atoms with Gasteiger partial charge in [0, 0.05) is 17.7 Å². The fourth-order valence-electron chi connectivity index (χ4n) is 1.30. The number of rotatable bonds is 3. The lowest BCUT2D eigenvalue weighted by atomic mass is 10.2. The zero-order valence-corrected chi connectivity index (χ0v) is 10.2. The monoisotopic (exact) mass is 280 g/mol. The van der Waals surface area contributed by atoms with Crippen molar-refractivity contribution in [1.29, 1.82) is 0 Å². The second-order valence-electron chi connectivity index (χ2n) is 3.23. The third-order valence-corrected chi connectivity index (χ3v) is 2.79. The van der Waals surface area contributed by atoms with Crippen LogP contribution < -0.4 is 0 Å². The van der Waals surface area contributed by atoms with E-state index in [1.165, 1.54) is 6.33 Å². The highest BCUT2D eigenvalue weighted by Crippen LogP contribution is 2.15. The Balaban J connectivity index is 2.22. The Hall–Kier alpha value is -1.56. The minimum Gasteiger partial charge on any atom is -0.292 e. The average Bonchev–Trinajstić information content (AvgIpc) is 2.65. The summed E-state index contributed by atoms with van der Waals surface area (Å²) >= 11 is 3.29. The highest BCUT2D eigenvalue weighted by Gasteiger charge is 2.14. The Morgan fingerprint density at radius 3 is 2.94 bits per heavy atom. The summed E-state index contributed by atoms with van der Waals surface area (Å²) in [5, 5.41) is 3.91. The lowest BCUT2D eigenvalue weighted by Crippen LogP contribution is -2.11. The standard InChI is InChI=1S/C10H9BrN4O/c1-15-9(13-6-14-15)5-8(16)10-7(11)3-2-4-12-10/h2-4,6H,5H2,1H3. The van der Waals surface area contributed by atoms with Crippen molar-refractivity contribution >= 4 is 21.7 Å². The molecule has 0 N–H and O–H groups in total. The van der Waals surface area contributed by atoms with Gasteiger partial charge in [0.15, 0.2) is 5.78 Å². The van der Waals surface area contributed by atoms with Gasteiger partial charge in [-0.2, -0.15) is 5.10 Å². The molecule has 5 nitrogen and oxygen atoms in total. The molecule has 0 aliphatic rings. The van der Waals surface area contributed by atoms with E-state index in [2.05, 4.69) is 31.0 Å². The molecule has 0 radical (unpaired) electrons. The van der Waals surface area contributed by atoms with Crippen LogP contribution in [0.3, 0.4) is 0 Å². The van der Waals surface area contributed by atoms with Crippen molar-refractivity contribution in [1.82, 2.24) is 19.7 Å². The molecule has 16 heavy (non-hydrogen) atoms. The van der Waals surface area contributed by atoms with E-state index < -0.39 is 0 Å². The van der Waals surface area contributed by atoms with E-state index in [0.29, 0.717) is 16.0 Å². The summed E-state index contributed by atoms with van der Waals surface area (Å²) in [7, 11) is 1.75. The van der Waals surface area contributed by atoms with Gasteiger partial charge in [-0.25, -0.2) is 4.98 Å². The first kappa shape index (κ1) is 10.9. The van der Waals surface area contributed by atoms with Crippen LogP contribution in [0.4, 0.5) is 0 Å². The third kappa shape index (κ3) is 2.16. The van der Waals surface area contributed by atoms with Gasteiger partial charge in [0.25, 0.3) is 0 Å². The summed E-state index contributed by atoms with van der Waals surface area (Å²) in [5.74, 6) is 0.547. The molecular formula is C10H9BrN4O. The summed E-state index contributed by atoms with van der Waals surface area (Å²) in [5.41, 5.74) is 0.422. The number of pyridine rings is 1. The molecule has 0 bridgehead atoms. The van der Waals surface area contributed by atoms with Gasteiger partial charge in [-0.3, -0.25) is 14.5 Å². The Morgan fingerprint density at radius 2 is 2.31 bits per heavy atom. The van der Waals surface area contributed by atoms with E-state index in [-0.39, 0.29) is 12.2 Å². The van der Waals surface area contributed by atoms with Crippen LogP contribution in [0.2, 0.25) is 0 Å². The molecule has 0 aromatic carbocycles. The molecule has 2 aromatic heterocycles. The molecule has 0 amide bonds. The summed E-state index contributed by atoms with van der Waals surface area (Å²) in [6.45, 7) is 0. The molecule has 0 atom stereocenters. The molecular weight excluding hydrogens is 272 g/mol. The summed E-state index contributed by atoms with van der Waals surface area (Å²) in [6.07, 6.45) is 3.22. The van der Waals surface area contributed by atoms with Crippen molar-refractivity contribution in [2.45, 2.75) is 6.42 Å². The van der Waals surface area contributed by atoms with Crippen LogP contribution in [-0.2, 0) is 13.5 Å². The molecule has 0 aliphatic heterocycles. The van der Waals surface area contributed by atoms with Crippen molar-refractivity contribution < 1.29 is 4.79 Å². The maximum atomic E-state index is 11.9. The molecule has 0 saturated heterocycles. The first-order chi connectivity index (χ1) is 7.68. The normalized spacial score (nSPS) is 10.4. The molecule has 82 valence electrons. The van der Waals surface area contributed by atoms with E-state index in [9.17, 15) is 4.79 Å². The van der Waals surface area contributed by atoms with Crippen molar-refractivity contribution in [3.8, 4) is 0 Å². The van der Waals surface area contributed by atoms with Crippen molar-refractivity contribution in [3.63, 3.8) is 0 Å². The van der Waals surface area contributed by atoms with Crippen molar-refractivity contribution in [3.05, 3.63) is 40.6 Å². The number of carbonyl (C=O) groups excluding carboxylic acids is 1. The zero-order valence-electron chi connectivity index (χ0n) is 8.59. The highest BCUT2D eigenvalue weighted by molar-refractivity contribution is 9.10. The van der Waals surface area contributed by atoms with Crippen LogP contribution in [0.1, 0.15) is 16.3 Å². The molecule has 2 rings (SSSR count). The first-order valence-corrected chi connectivity index (χ1v) is 5.44. The number of aromatic nitrogens is 4. The maximum absolute atomic E-state index is 11.9. The van der Waals surface area contributed by atoms with E-state index in [4.69, 9.17) is 0 Å². The number of Topliss-reactive ketones (excluding diaryl/α,β-unsaturated/α-hetero) is 1. The Morgan fingerprint density at radius 1 is 1.50 bits per heavy atom. The van der Waals surface area contributed by atoms with Crippen molar-refractivity contribution in [2.75, 3.05) is 0 Å². The highest BCUT2D eigenvalue weighted by atomic mass is 79.9. The molecule has 0 saturated carbocycles. The van der Waals surface area contributed by atoms with Gasteiger partial charge in [-0.15, -0.1) is 0 Å². The molecule has 0 aliphatic carbocycles. The van der Waals surface area contributed by atoms with Crippen LogP contribution in [0.15, 0.2) is 29.1 Å². The Kier molecular flexibility index (Phi) is 3.09. The smallest absolute Gasteiger partial charge is 0.189 e. The van der Waals surface area contributed by atoms with Gasteiger partial charge in [0.05, 0.1) is 6.42 Å². The third-order valence-electron chi connectivity index (χ3n) is 2.15. The lowest BCUT2D eigenvalue weighted by Gasteiger charge is -2.01. The molecule has 6 heteroatoms. The van der Waals surface area contributed by atoms with Crippen LogP contribution in [-0.4, -0.2) is 25.5 Å². The van der Waals surface area contributed by atoms with Gasteiger partial charge in [0.1, 0.15) is 17.8 Å². The average molecular weight is 281 g/mol. The number of hydrogen-bond acceptors (Lipinski definition) is 4. The SMILES string of the molecule is Cn1ncnc1CC(=O)c1ncccc1Br. The summed E-state index contributed by atoms with van der Waals surface area (Å²) in [6, 6.07) is 3.56. The minimum absolute atomic E-state index is 0.0800. The summed E-state index contributed by atoms with van der Waals surface area (Å²) in [4.78, 5) is 19.9. The topological polar surface area (TPSA) is 60.7 Å². The molecule has 0 spiro atoms.